The molecule has 216 valence electrons. The summed E-state index contributed by atoms with van der Waals surface area (Å²) in [4.78, 5) is 28.4. The first kappa shape index (κ1) is 30.5. The predicted octanol–water partition coefficient (Wildman–Crippen LogP) is 3.62. The van der Waals surface area contributed by atoms with E-state index in [9.17, 15) is 13.2 Å². The summed E-state index contributed by atoms with van der Waals surface area (Å²) in [6.45, 7) is 12.0. The summed E-state index contributed by atoms with van der Waals surface area (Å²) in [5.74, 6) is 0.778. The van der Waals surface area contributed by atoms with E-state index >= 15 is 0 Å². The van der Waals surface area contributed by atoms with Crippen LogP contribution in [0.4, 0.5) is 4.79 Å². The van der Waals surface area contributed by atoms with Crippen molar-refractivity contribution in [3.63, 3.8) is 0 Å². The minimum Gasteiger partial charge on any atom is -0.494 e. The molecule has 2 atom stereocenters. The van der Waals surface area contributed by atoms with E-state index in [4.69, 9.17) is 9.47 Å². The van der Waals surface area contributed by atoms with Crippen molar-refractivity contribution in [1.82, 2.24) is 34.8 Å². The van der Waals surface area contributed by atoms with Gasteiger partial charge < -0.3 is 19.7 Å². The molecule has 0 bridgehead atoms. The lowest BCUT2D eigenvalue weighted by atomic mass is 10.1. The number of fused-ring (bicyclic) bond motifs is 1. The summed E-state index contributed by atoms with van der Waals surface area (Å²) in [6.07, 6.45) is 10.7. The lowest BCUT2D eigenvalue weighted by Gasteiger charge is -2.30. The second kappa shape index (κ2) is 13.9. The summed E-state index contributed by atoms with van der Waals surface area (Å²) < 4.78 is 36.3. The number of nitrogens with one attached hydrogen (secondary N) is 1. The van der Waals surface area contributed by atoms with Gasteiger partial charge in [-0.2, -0.15) is 5.10 Å². The Kier molecular flexibility index (Phi) is 10.6. The maximum Gasteiger partial charge on any atom is 0.318 e. The van der Waals surface area contributed by atoms with Crippen molar-refractivity contribution in [3.8, 4) is 22.9 Å². The Hall–Kier alpha value is -4.00. The molecule has 0 aliphatic rings. The molecular weight excluding hydrogens is 534 g/mol. The third kappa shape index (κ3) is 7.78. The average Bonchev–Trinajstić information content (AvgIpc) is 3.40. The highest BCUT2D eigenvalue weighted by atomic mass is 32.2. The molecule has 0 radical (unpaired) electrons. The highest BCUT2D eigenvalue weighted by molar-refractivity contribution is 7.90. The number of hydrogen-bond donors (Lipinski definition) is 1. The second-order valence-electron chi connectivity index (χ2n) is 9.25. The van der Waals surface area contributed by atoms with E-state index in [1.54, 1.807) is 41.1 Å². The van der Waals surface area contributed by atoms with Crippen LogP contribution in [-0.2, 0) is 9.84 Å². The van der Waals surface area contributed by atoms with Gasteiger partial charge in [-0.05, 0) is 39.2 Å². The molecule has 13 heteroatoms. The van der Waals surface area contributed by atoms with Crippen LogP contribution in [0.5, 0.6) is 11.6 Å². The molecule has 12 nitrogen and oxygen atoms in total. The first-order chi connectivity index (χ1) is 19.1. The Labute approximate surface area is 235 Å². The van der Waals surface area contributed by atoms with Crippen LogP contribution >= 0.6 is 0 Å². The summed E-state index contributed by atoms with van der Waals surface area (Å²) in [5, 5.41) is 7.20. The van der Waals surface area contributed by atoms with Crippen LogP contribution in [0.1, 0.15) is 44.8 Å². The molecule has 0 saturated heterocycles. The normalized spacial score (nSPS) is 12.9. The smallest absolute Gasteiger partial charge is 0.318 e. The van der Waals surface area contributed by atoms with Gasteiger partial charge in [-0.25, -0.2) is 27.7 Å². The standard InChI is InChI=1S/C27H37N7O5S/c1-7-10-13-39-26-25-29-18-30-34(25)17-23(32-26)21-15-22(28-16-24(21)38-5)19(4)33(9-3)27(35)31-20(11-8-2)12-14-40(6,36)37/h7-8,15-20H,1-2,9-14H2,3-6H3,(H,31,35)/t19-,20-/m1/s1. The van der Waals surface area contributed by atoms with Crippen molar-refractivity contribution in [1.29, 1.82) is 0 Å². The van der Waals surface area contributed by atoms with Crippen LogP contribution < -0.4 is 14.8 Å². The molecule has 0 fully saturated rings. The van der Waals surface area contributed by atoms with Gasteiger partial charge in [0.05, 0.1) is 49.3 Å². The number of urea groups is 1. The zero-order valence-corrected chi connectivity index (χ0v) is 24.2. The van der Waals surface area contributed by atoms with E-state index in [1.807, 2.05) is 19.9 Å². The molecule has 0 aromatic carbocycles. The molecule has 0 saturated carbocycles. The van der Waals surface area contributed by atoms with E-state index < -0.39 is 15.9 Å². The molecule has 3 rings (SSSR count). The number of rotatable bonds is 15. The second-order valence-corrected chi connectivity index (χ2v) is 11.5. The fourth-order valence-electron chi connectivity index (χ4n) is 4.13. The zero-order chi connectivity index (χ0) is 29.3. The van der Waals surface area contributed by atoms with Gasteiger partial charge in [0.15, 0.2) is 0 Å². The van der Waals surface area contributed by atoms with Gasteiger partial charge in [0, 0.05) is 24.4 Å². The highest BCUT2D eigenvalue weighted by Crippen LogP contribution is 2.33. The summed E-state index contributed by atoms with van der Waals surface area (Å²) in [6, 6.07) is 0.712. The van der Waals surface area contributed by atoms with Gasteiger partial charge in [-0.15, -0.1) is 13.2 Å². The van der Waals surface area contributed by atoms with Crippen LogP contribution in [0.25, 0.3) is 16.9 Å². The fraction of sp³-hybridized carbons (Fsp3) is 0.444. The average molecular weight is 572 g/mol. The van der Waals surface area contributed by atoms with Crippen LogP contribution in [0.2, 0.25) is 0 Å². The third-order valence-corrected chi connectivity index (χ3v) is 7.27. The number of ether oxygens (including phenoxy) is 2. The largest absolute Gasteiger partial charge is 0.494 e. The Morgan fingerprint density at radius 3 is 2.70 bits per heavy atom. The highest BCUT2D eigenvalue weighted by Gasteiger charge is 2.25. The maximum atomic E-state index is 13.3. The summed E-state index contributed by atoms with van der Waals surface area (Å²) >= 11 is 0. The molecule has 0 aliphatic carbocycles. The predicted molar refractivity (Wildman–Crippen MR) is 153 cm³/mol. The van der Waals surface area contributed by atoms with Gasteiger partial charge in [-0.3, -0.25) is 4.98 Å². The Bertz CT molecular complexity index is 1440. The van der Waals surface area contributed by atoms with Crippen LogP contribution in [-0.4, -0.2) is 82.2 Å². The van der Waals surface area contributed by atoms with Crippen molar-refractivity contribution in [2.24, 2.45) is 0 Å². The zero-order valence-electron chi connectivity index (χ0n) is 23.4. The minimum absolute atomic E-state index is 0.0285. The van der Waals surface area contributed by atoms with Crippen molar-refractivity contribution < 1.29 is 22.7 Å². The van der Waals surface area contributed by atoms with E-state index in [-0.39, 0.29) is 17.8 Å². The lowest BCUT2D eigenvalue weighted by molar-refractivity contribution is 0.177. The third-order valence-electron chi connectivity index (χ3n) is 6.29. The van der Waals surface area contributed by atoms with Gasteiger partial charge >= 0.3 is 6.03 Å². The molecule has 0 aliphatic heterocycles. The fourth-order valence-corrected chi connectivity index (χ4v) is 4.85. The van der Waals surface area contributed by atoms with Crippen molar-refractivity contribution in [3.05, 3.63) is 55.8 Å². The number of methoxy groups -OCH3 is 1. The first-order valence-corrected chi connectivity index (χ1v) is 15.0. The Morgan fingerprint density at radius 2 is 2.05 bits per heavy atom. The maximum absolute atomic E-state index is 13.3. The number of hydrogen-bond acceptors (Lipinski definition) is 9. The quantitative estimate of drug-likeness (QED) is 0.214. The lowest BCUT2D eigenvalue weighted by Crippen LogP contribution is -2.46. The van der Waals surface area contributed by atoms with E-state index in [0.717, 1.165) is 0 Å². The summed E-state index contributed by atoms with van der Waals surface area (Å²) in [5.41, 5.74) is 2.25. The monoisotopic (exact) mass is 571 g/mol. The number of carbonyl (C=O) groups is 1. The first-order valence-electron chi connectivity index (χ1n) is 13.0. The van der Waals surface area contributed by atoms with Crippen LogP contribution in [0.3, 0.4) is 0 Å². The van der Waals surface area contributed by atoms with Gasteiger partial charge in [0.25, 0.3) is 5.88 Å². The number of aromatic nitrogens is 5. The topological polar surface area (TPSA) is 141 Å². The van der Waals surface area contributed by atoms with Crippen molar-refractivity contribution in [2.75, 3.05) is 32.3 Å². The minimum atomic E-state index is -3.17. The number of carbonyl (C=O) groups excluding carboxylic acids is 1. The molecule has 0 spiro atoms. The van der Waals surface area contributed by atoms with Crippen molar-refractivity contribution in [2.45, 2.75) is 45.2 Å². The number of pyridine rings is 1. The number of nitrogens with zero attached hydrogens (tertiary/aromatic N) is 6. The molecule has 1 N–H and O–H groups in total. The summed E-state index contributed by atoms with van der Waals surface area (Å²) in [7, 11) is -1.62. The van der Waals surface area contributed by atoms with E-state index in [2.05, 4.69) is 38.5 Å². The molecule has 2 amide bonds. The van der Waals surface area contributed by atoms with Crippen molar-refractivity contribution >= 4 is 21.5 Å². The molecular formula is C27H37N7O5S. The molecule has 0 unspecified atom stereocenters. The van der Waals surface area contributed by atoms with E-state index in [1.165, 1.54) is 12.6 Å². The van der Waals surface area contributed by atoms with Gasteiger partial charge in [0.1, 0.15) is 21.9 Å². The van der Waals surface area contributed by atoms with Crippen LogP contribution in [0.15, 0.2) is 50.1 Å². The van der Waals surface area contributed by atoms with Gasteiger partial charge in [0.2, 0.25) is 5.65 Å². The molecule has 3 aromatic rings. The van der Waals surface area contributed by atoms with E-state index in [0.29, 0.717) is 66.6 Å². The van der Waals surface area contributed by atoms with Crippen LogP contribution in [0, 0.1) is 0 Å². The number of amides is 2. The Balaban J connectivity index is 1.92. The molecule has 3 aromatic heterocycles. The molecule has 40 heavy (non-hydrogen) atoms. The number of sulfone groups is 1. The SMILES string of the molecule is C=CCCOc1nc(-c2cc([C@@H](C)N(CC)C(=O)N[C@H](CC=C)CCS(C)(=O)=O)ncc2OC)cn2ncnc12. The molecule has 3 heterocycles. The van der Waals surface area contributed by atoms with Gasteiger partial charge in [-0.1, -0.05) is 12.2 Å². The Morgan fingerprint density at radius 1 is 1.27 bits per heavy atom.